The van der Waals surface area contributed by atoms with E-state index in [4.69, 9.17) is 10.9 Å². The second-order valence-electron chi connectivity index (χ2n) is 2.25. The largest absolute Gasteiger partial charge is 0.409 e. The third-order valence-electron chi connectivity index (χ3n) is 1.30. The van der Waals surface area contributed by atoms with Crippen LogP contribution in [0, 0.1) is 0 Å². The second-order valence-corrected chi connectivity index (χ2v) is 3.64. The van der Waals surface area contributed by atoms with Gasteiger partial charge < -0.3 is 10.9 Å². The van der Waals surface area contributed by atoms with E-state index < -0.39 is 0 Å². The van der Waals surface area contributed by atoms with Gasteiger partial charge in [0.1, 0.15) is 5.84 Å². The van der Waals surface area contributed by atoms with Crippen molar-refractivity contribution in [2.24, 2.45) is 10.9 Å². The van der Waals surface area contributed by atoms with Gasteiger partial charge in [-0.3, -0.25) is 0 Å². The standard InChI is InChI=1S/C7H16N2OS/c1-2-11-6-4-3-5-7(8)9-10/h10H,2-6H2,1H3,(H2,8,9). The molecule has 0 atom stereocenters. The molecule has 0 heterocycles. The minimum atomic E-state index is 0.339. The first kappa shape index (κ1) is 10.6. The molecule has 0 aliphatic rings. The normalized spacial score (nSPS) is 11.9. The van der Waals surface area contributed by atoms with Crippen LogP contribution in [0.2, 0.25) is 0 Å². The molecule has 0 aromatic rings. The Bertz CT molecular complexity index is 117. The Morgan fingerprint density at radius 3 is 2.82 bits per heavy atom. The van der Waals surface area contributed by atoms with Crippen molar-refractivity contribution in [3.05, 3.63) is 0 Å². The zero-order chi connectivity index (χ0) is 8.53. The van der Waals surface area contributed by atoms with E-state index >= 15 is 0 Å². The number of hydrogen-bond donors (Lipinski definition) is 2. The maximum Gasteiger partial charge on any atom is 0.139 e. The molecule has 0 bridgehead atoms. The van der Waals surface area contributed by atoms with E-state index in [-0.39, 0.29) is 0 Å². The molecular formula is C7H16N2OS. The topological polar surface area (TPSA) is 58.6 Å². The number of thioether (sulfide) groups is 1. The fourth-order valence-electron chi connectivity index (χ4n) is 0.705. The van der Waals surface area contributed by atoms with Crippen LogP contribution in [-0.2, 0) is 0 Å². The van der Waals surface area contributed by atoms with Gasteiger partial charge >= 0.3 is 0 Å². The van der Waals surface area contributed by atoms with Crippen molar-refractivity contribution in [3.63, 3.8) is 0 Å². The molecule has 0 aromatic carbocycles. The third-order valence-corrected chi connectivity index (χ3v) is 2.29. The van der Waals surface area contributed by atoms with Gasteiger partial charge in [-0.1, -0.05) is 12.1 Å². The van der Waals surface area contributed by atoms with Crippen LogP contribution in [0.1, 0.15) is 26.2 Å². The Labute approximate surface area is 72.0 Å². The number of nitrogens with zero attached hydrogens (tertiary/aromatic N) is 1. The van der Waals surface area contributed by atoms with Crippen LogP contribution >= 0.6 is 11.8 Å². The number of amidine groups is 1. The van der Waals surface area contributed by atoms with E-state index in [1.807, 2.05) is 11.8 Å². The van der Waals surface area contributed by atoms with Crippen LogP contribution in [0.5, 0.6) is 0 Å². The molecule has 0 saturated carbocycles. The van der Waals surface area contributed by atoms with Gasteiger partial charge in [-0.15, -0.1) is 0 Å². The van der Waals surface area contributed by atoms with Crippen molar-refractivity contribution >= 4 is 17.6 Å². The number of rotatable bonds is 6. The number of nitrogens with two attached hydrogens (primary N) is 1. The van der Waals surface area contributed by atoms with Crippen LogP contribution in [0.15, 0.2) is 5.16 Å². The zero-order valence-electron chi connectivity index (χ0n) is 6.92. The summed E-state index contributed by atoms with van der Waals surface area (Å²) in [5, 5.41) is 11.1. The lowest BCUT2D eigenvalue weighted by molar-refractivity contribution is 0.316. The summed E-state index contributed by atoms with van der Waals surface area (Å²) < 4.78 is 0. The first-order valence-electron chi connectivity index (χ1n) is 3.85. The van der Waals surface area contributed by atoms with Crippen molar-refractivity contribution < 1.29 is 5.21 Å². The Morgan fingerprint density at radius 2 is 2.27 bits per heavy atom. The summed E-state index contributed by atoms with van der Waals surface area (Å²) in [4.78, 5) is 0. The van der Waals surface area contributed by atoms with E-state index in [9.17, 15) is 0 Å². The molecule has 66 valence electrons. The lowest BCUT2D eigenvalue weighted by atomic mass is 10.2. The molecule has 4 heteroatoms. The second kappa shape index (κ2) is 7.72. The first-order valence-corrected chi connectivity index (χ1v) is 5.00. The number of hydrogen-bond acceptors (Lipinski definition) is 3. The predicted molar refractivity (Wildman–Crippen MR) is 50.3 cm³/mol. The van der Waals surface area contributed by atoms with Gasteiger partial charge in [-0.25, -0.2) is 0 Å². The number of unbranched alkanes of at least 4 members (excludes halogenated alkanes) is 1. The molecule has 11 heavy (non-hydrogen) atoms. The molecule has 0 saturated heterocycles. The van der Waals surface area contributed by atoms with Gasteiger partial charge in [-0.05, 0) is 24.3 Å². The zero-order valence-corrected chi connectivity index (χ0v) is 7.73. The van der Waals surface area contributed by atoms with Crippen molar-refractivity contribution in [1.29, 1.82) is 0 Å². The molecule has 3 N–H and O–H groups in total. The Kier molecular flexibility index (Phi) is 7.46. The highest BCUT2D eigenvalue weighted by molar-refractivity contribution is 7.99. The van der Waals surface area contributed by atoms with Crippen LogP contribution < -0.4 is 5.73 Å². The molecule has 0 aliphatic carbocycles. The highest BCUT2D eigenvalue weighted by Crippen LogP contribution is 2.04. The van der Waals surface area contributed by atoms with Crippen molar-refractivity contribution in [2.45, 2.75) is 26.2 Å². The van der Waals surface area contributed by atoms with Crippen LogP contribution in [0.3, 0.4) is 0 Å². The van der Waals surface area contributed by atoms with Crippen molar-refractivity contribution in [3.8, 4) is 0 Å². The monoisotopic (exact) mass is 176 g/mol. The summed E-state index contributed by atoms with van der Waals surface area (Å²) in [6, 6.07) is 0. The summed E-state index contributed by atoms with van der Waals surface area (Å²) in [5.41, 5.74) is 5.28. The summed E-state index contributed by atoms with van der Waals surface area (Å²) in [5.74, 6) is 2.69. The third kappa shape index (κ3) is 7.52. The Morgan fingerprint density at radius 1 is 1.55 bits per heavy atom. The van der Waals surface area contributed by atoms with E-state index in [0.717, 1.165) is 12.8 Å². The lowest BCUT2D eigenvalue weighted by Gasteiger charge is -1.98. The quantitative estimate of drug-likeness (QED) is 0.213. The molecule has 0 amide bonds. The molecule has 0 fully saturated rings. The molecule has 0 aliphatic heterocycles. The maximum absolute atomic E-state index is 8.20. The molecule has 0 unspecified atom stereocenters. The minimum absolute atomic E-state index is 0.339. The Balaban J connectivity index is 3.02. The smallest absolute Gasteiger partial charge is 0.139 e. The fraction of sp³-hybridized carbons (Fsp3) is 0.857. The lowest BCUT2D eigenvalue weighted by Crippen LogP contribution is -2.10. The number of oxime groups is 1. The van der Waals surface area contributed by atoms with E-state index in [1.165, 1.54) is 11.5 Å². The summed E-state index contributed by atoms with van der Waals surface area (Å²) in [6.45, 7) is 2.15. The summed E-state index contributed by atoms with van der Waals surface area (Å²) in [7, 11) is 0. The van der Waals surface area contributed by atoms with E-state index in [0.29, 0.717) is 12.3 Å². The van der Waals surface area contributed by atoms with Crippen molar-refractivity contribution in [1.82, 2.24) is 0 Å². The van der Waals surface area contributed by atoms with E-state index in [2.05, 4.69) is 12.1 Å². The van der Waals surface area contributed by atoms with Gasteiger partial charge in [0.25, 0.3) is 0 Å². The average Bonchev–Trinajstić information content (AvgIpc) is 2.04. The minimum Gasteiger partial charge on any atom is -0.409 e. The van der Waals surface area contributed by atoms with Gasteiger partial charge in [0.05, 0.1) is 0 Å². The van der Waals surface area contributed by atoms with Gasteiger partial charge in [0.2, 0.25) is 0 Å². The van der Waals surface area contributed by atoms with Gasteiger partial charge in [0, 0.05) is 6.42 Å². The predicted octanol–water partition coefficient (Wildman–Crippen LogP) is 1.66. The highest BCUT2D eigenvalue weighted by Gasteiger charge is 1.92. The first-order chi connectivity index (χ1) is 5.31. The molecule has 0 rings (SSSR count). The van der Waals surface area contributed by atoms with Crippen LogP contribution in [0.4, 0.5) is 0 Å². The van der Waals surface area contributed by atoms with Gasteiger partial charge in [0.15, 0.2) is 0 Å². The molecule has 0 radical (unpaired) electrons. The van der Waals surface area contributed by atoms with Crippen LogP contribution in [-0.4, -0.2) is 22.5 Å². The van der Waals surface area contributed by atoms with Gasteiger partial charge in [-0.2, -0.15) is 11.8 Å². The highest BCUT2D eigenvalue weighted by atomic mass is 32.2. The SMILES string of the molecule is CCSCCCC/C(N)=N/O. The van der Waals surface area contributed by atoms with Crippen molar-refractivity contribution in [2.75, 3.05) is 11.5 Å². The Hall–Kier alpha value is -0.380. The average molecular weight is 176 g/mol. The molecule has 0 aromatic heterocycles. The van der Waals surface area contributed by atoms with Crippen LogP contribution in [0.25, 0.3) is 0 Å². The van der Waals surface area contributed by atoms with E-state index in [1.54, 1.807) is 0 Å². The molecular weight excluding hydrogens is 160 g/mol. The molecule has 3 nitrogen and oxygen atoms in total. The maximum atomic E-state index is 8.20. The summed E-state index contributed by atoms with van der Waals surface area (Å²) in [6.07, 6.45) is 2.87. The molecule has 0 spiro atoms. The summed E-state index contributed by atoms with van der Waals surface area (Å²) >= 11 is 1.92. The fourth-order valence-corrected chi connectivity index (χ4v) is 1.40.